The van der Waals surface area contributed by atoms with Gasteiger partial charge in [-0.25, -0.2) is 9.69 Å². The molecule has 1 saturated heterocycles. The van der Waals surface area contributed by atoms with Crippen LogP contribution in [0.1, 0.15) is 12.5 Å². The van der Waals surface area contributed by atoms with Crippen molar-refractivity contribution in [3.05, 3.63) is 71.8 Å². The van der Waals surface area contributed by atoms with E-state index in [9.17, 15) is 19.2 Å². The molecule has 0 saturated carbocycles. The number of anilines is 2. The first-order chi connectivity index (χ1) is 14.4. The van der Waals surface area contributed by atoms with E-state index in [2.05, 4.69) is 10.4 Å². The number of carbonyl (C=O) groups is 4. The summed E-state index contributed by atoms with van der Waals surface area (Å²) in [6.07, 6.45) is 1.27. The van der Waals surface area contributed by atoms with Crippen LogP contribution >= 0.6 is 0 Å². The summed E-state index contributed by atoms with van der Waals surface area (Å²) in [6, 6.07) is 14.8. The van der Waals surface area contributed by atoms with Gasteiger partial charge < -0.3 is 0 Å². The fourth-order valence-corrected chi connectivity index (χ4v) is 3.37. The number of hydrogen-bond acceptors (Lipinski definition) is 5. The third-order valence-electron chi connectivity index (χ3n) is 4.88. The maximum atomic E-state index is 13.0. The Hall–Kier alpha value is -4.07. The van der Waals surface area contributed by atoms with Crippen LogP contribution in [0.2, 0.25) is 0 Å². The summed E-state index contributed by atoms with van der Waals surface area (Å²) in [7, 11) is 0. The minimum Gasteiger partial charge on any atom is -0.273 e. The number of hydrazone groups is 1. The molecule has 0 radical (unpaired) electrons. The number of imide groups is 2. The quantitative estimate of drug-likeness (QED) is 0.630. The van der Waals surface area contributed by atoms with Gasteiger partial charge >= 0.3 is 6.03 Å². The number of urea groups is 1. The van der Waals surface area contributed by atoms with E-state index < -0.39 is 23.8 Å². The topological polar surface area (TPSA) is 99.2 Å². The van der Waals surface area contributed by atoms with Gasteiger partial charge in [0.2, 0.25) is 0 Å². The summed E-state index contributed by atoms with van der Waals surface area (Å²) in [5.41, 5.74) is 1.93. The number of hydrogen-bond donors (Lipinski definition) is 1. The van der Waals surface area contributed by atoms with Gasteiger partial charge in [0, 0.05) is 0 Å². The van der Waals surface area contributed by atoms with E-state index >= 15 is 0 Å². The van der Waals surface area contributed by atoms with E-state index in [4.69, 9.17) is 0 Å². The largest absolute Gasteiger partial charge is 0.335 e. The Morgan fingerprint density at radius 3 is 2.33 bits per heavy atom. The summed E-state index contributed by atoms with van der Waals surface area (Å²) in [4.78, 5) is 51.5. The molecule has 150 valence electrons. The lowest BCUT2D eigenvalue weighted by Gasteiger charge is -2.27. The van der Waals surface area contributed by atoms with Crippen LogP contribution in [0, 0.1) is 12.8 Å². The van der Waals surface area contributed by atoms with Crippen molar-refractivity contribution in [1.82, 2.24) is 5.32 Å². The van der Waals surface area contributed by atoms with Crippen molar-refractivity contribution in [3.8, 4) is 0 Å². The Morgan fingerprint density at radius 2 is 1.63 bits per heavy atom. The van der Waals surface area contributed by atoms with Gasteiger partial charge in [-0.2, -0.15) is 10.1 Å². The highest BCUT2D eigenvalue weighted by Crippen LogP contribution is 2.27. The fourth-order valence-electron chi connectivity index (χ4n) is 3.37. The van der Waals surface area contributed by atoms with E-state index in [1.165, 1.54) is 11.1 Å². The average Bonchev–Trinajstić information content (AvgIpc) is 2.99. The summed E-state index contributed by atoms with van der Waals surface area (Å²) in [6.45, 7) is 3.48. The van der Waals surface area contributed by atoms with Crippen molar-refractivity contribution < 1.29 is 19.2 Å². The van der Waals surface area contributed by atoms with Gasteiger partial charge in [-0.15, -0.1) is 0 Å². The van der Waals surface area contributed by atoms with Crippen LogP contribution < -0.4 is 15.2 Å². The fraction of sp³-hybridized carbons (Fsp3) is 0.136. The zero-order valence-corrected chi connectivity index (χ0v) is 16.3. The van der Waals surface area contributed by atoms with Crippen LogP contribution in [0.4, 0.5) is 16.2 Å². The van der Waals surface area contributed by atoms with Gasteiger partial charge in [-0.1, -0.05) is 30.3 Å². The van der Waals surface area contributed by atoms with Crippen molar-refractivity contribution in [2.24, 2.45) is 11.0 Å². The molecule has 1 fully saturated rings. The lowest BCUT2D eigenvalue weighted by atomic mass is 9.98. The molecular weight excluding hydrogens is 384 g/mol. The Balaban J connectivity index is 1.68. The summed E-state index contributed by atoms with van der Waals surface area (Å²) in [5, 5.41) is 7.68. The second-order valence-corrected chi connectivity index (χ2v) is 7.02. The van der Waals surface area contributed by atoms with Crippen LogP contribution in [-0.2, 0) is 14.4 Å². The summed E-state index contributed by atoms with van der Waals surface area (Å²) in [5.74, 6) is -2.89. The third-order valence-corrected chi connectivity index (χ3v) is 4.88. The summed E-state index contributed by atoms with van der Waals surface area (Å²) >= 11 is 0. The van der Waals surface area contributed by atoms with Gasteiger partial charge in [0.1, 0.15) is 5.57 Å². The third kappa shape index (κ3) is 3.28. The second kappa shape index (κ2) is 7.40. The van der Waals surface area contributed by atoms with Crippen LogP contribution in [0.5, 0.6) is 0 Å². The van der Waals surface area contributed by atoms with Gasteiger partial charge in [0.25, 0.3) is 17.7 Å². The normalized spacial score (nSPS) is 20.7. The first-order valence-electron chi connectivity index (χ1n) is 9.29. The minimum atomic E-state index is -0.887. The molecule has 0 spiro atoms. The molecule has 2 aromatic rings. The number of nitrogens with zero attached hydrogens (tertiary/aromatic N) is 3. The number of amides is 5. The predicted octanol–water partition coefficient (Wildman–Crippen LogP) is 2.54. The first kappa shape index (κ1) is 19.3. The number of aryl methyl sites for hydroxylation is 1. The molecule has 1 atom stereocenters. The molecule has 0 aromatic heterocycles. The molecular formula is C22H18N4O4. The molecule has 1 unspecified atom stereocenters. The smallest absolute Gasteiger partial charge is 0.273 e. The van der Waals surface area contributed by atoms with Crippen molar-refractivity contribution in [2.75, 3.05) is 9.91 Å². The Bertz CT molecular complexity index is 1140. The van der Waals surface area contributed by atoms with E-state index in [-0.39, 0.29) is 11.5 Å². The molecule has 8 heteroatoms. The highest BCUT2D eigenvalue weighted by molar-refractivity contribution is 6.38. The minimum absolute atomic E-state index is 0.279. The molecule has 0 bridgehead atoms. The number of barbiturate groups is 1. The van der Waals surface area contributed by atoms with Crippen molar-refractivity contribution in [1.29, 1.82) is 0 Å². The zero-order valence-electron chi connectivity index (χ0n) is 16.3. The van der Waals surface area contributed by atoms with E-state index in [1.807, 2.05) is 19.1 Å². The van der Waals surface area contributed by atoms with Crippen molar-refractivity contribution in [2.45, 2.75) is 13.8 Å². The molecule has 4 rings (SSSR count). The SMILES string of the molecule is CC1=NN(c2ccccc2)C(=O)C1/C=C1\C(=O)NC(=O)N(c2cccc(C)c2)C1=O. The molecule has 0 aliphatic carbocycles. The lowest BCUT2D eigenvalue weighted by Crippen LogP contribution is -2.54. The van der Waals surface area contributed by atoms with Crippen LogP contribution in [-0.4, -0.2) is 29.5 Å². The highest BCUT2D eigenvalue weighted by atomic mass is 16.2. The number of rotatable bonds is 3. The maximum Gasteiger partial charge on any atom is 0.335 e. The highest BCUT2D eigenvalue weighted by Gasteiger charge is 2.40. The maximum absolute atomic E-state index is 13.0. The number of nitrogens with one attached hydrogen (secondary N) is 1. The molecule has 2 aliphatic rings. The van der Waals surface area contributed by atoms with Gasteiger partial charge in [0.05, 0.1) is 23.0 Å². The van der Waals surface area contributed by atoms with Crippen LogP contribution in [0.3, 0.4) is 0 Å². The lowest BCUT2D eigenvalue weighted by molar-refractivity contribution is -0.122. The van der Waals surface area contributed by atoms with Gasteiger partial charge in [0.15, 0.2) is 0 Å². The van der Waals surface area contributed by atoms with E-state index in [0.29, 0.717) is 17.1 Å². The predicted molar refractivity (Wildman–Crippen MR) is 111 cm³/mol. The zero-order chi connectivity index (χ0) is 21.4. The number of para-hydroxylation sites is 1. The van der Waals surface area contributed by atoms with E-state index in [1.54, 1.807) is 49.4 Å². The molecule has 8 nitrogen and oxygen atoms in total. The first-order valence-corrected chi connectivity index (χ1v) is 9.29. The second-order valence-electron chi connectivity index (χ2n) is 7.02. The number of carbonyl (C=O) groups excluding carboxylic acids is 4. The summed E-state index contributed by atoms with van der Waals surface area (Å²) < 4.78 is 0. The Kier molecular flexibility index (Phi) is 4.75. The average molecular weight is 402 g/mol. The van der Waals surface area contributed by atoms with Crippen molar-refractivity contribution in [3.63, 3.8) is 0 Å². The Morgan fingerprint density at radius 1 is 0.933 bits per heavy atom. The van der Waals surface area contributed by atoms with Crippen LogP contribution in [0.15, 0.2) is 71.3 Å². The molecule has 2 aromatic carbocycles. The van der Waals surface area contributed by atoms with Gasteiger partial charge in [-0.05, 0) is 49.8 Å². The molecule has 5 amide bonds. The van der Waals surface area contributed by atoms with E-state index in [0.717, 1.165) is 10.5 Å². The number of benzene rings is 2. The molecule has 2 heterocycles. The van der Waals surface area contributed by atoms with Crippen LogP contribution in [0.25, 0.3) is 0 Å². The molecule has 30 heavy (non-hydrogen) atoms. The van der Waals surface area contributed by atoms with Gasteiger partial charge in [-0.3, -0.25) is 19.7 Å². The van der Waals surface area contributed by atoms with Crippen molar-refractivity contribution >= 4 is 40.8 Å². The monoisotopic (exact) mass is 402 g/mol. The Labute approximate surface area is 172 Å². The molecule has 2 aliphatic heterocycles. The standard InChI is InChI=1S/C22H18N4O4/c1-13-7-6-10-16(11-13)25-20(28)18(19(27)23-22(25)30)12-17-14(2)24-26(21(17)29)15-8-4-3-5-9-15/h3-12,17H,1-2H3,(H,23,27,30)/b18-12+. The molecule has 1 N–H and O–H groups in total.